The third-order valence-electron chi connectivity index (χ3n) is 3.02. The van der Waals surface area contributed by atoms with Gasteiger partial charge in [-0.05, 0) is 36.8 Å². The Morgan fingerprint density at radius 1 is 1.13 bits per heavy atom. The second kappa shape index (κ2) is 5.93. The molecule has 2 aromatic rings. The largest absolute Gasteiger partial charge is 0.417 e. The molecule has 0 radical (unpaired) electrons. The maximum Gasteiger partial charge on any atom is 0.417 e. The molecule has 4 nitrogen and oxygen atoms in total. The van der Waals surface area contributed by atoms with Crippen LogP contribution in [0.1, 0.15) is 16.7 Å². The summed E-state index contributed by atoms with van der Waals surface area (Å²) in [5.74, 6) is 0. The van der Waals surface area contributed by atoms with Crippen LogP contribution in [0.5, 0.6) is 0 Å². The van der Waals surface area contributed by atoms with Gasteiger partial charge in [-0.25, -0.2) is 8.42 Å². The molecule has 23 heavy (non-hydrogen) atoms. The Labute approximate surface area is 131 Å². The van der Waals surface area contributed by atoms with E-state index in [9.17, 15) is 21.6 Å². The van der Waals surface area contributed by atoms with E-state index in [1.165, 1.54) is 18.2 Å². The maximum absolute atomic E-state index is 13.0. The highest BCUT2D eigenvalue weighted by Gasteiger charge is 2.37. The van der Waals surface area contributed by atoms with Gasteiger partial charge in [-0.3, -0.25) is 4.72 Å². The van der Waals surface area contributed by atoms with Crippen LogP contribution < -0.4 is 4.72 Å². The summed E-state index contributed by atoms with van der Waals surface area (Å²) in [5.41, 5.74) is -0.655. The number of sulfonamides is 1. The van der Waals surface area contributed by atoms with E-state index in [1.807, 2.05) is 0 Å². The molecular weight excluding hydrogens is 329 g/mol. The van der Waals surface area contributed by atoms with Crippen molar-refractivity contribution >= 4 is 15.7 Å². The summed E-state index contributed by atoms with van der Waals surface area (Å²) in [4.78, 5) is -0.891. The van der Waals surface area contributed by atoms with Gasteiger partial charge in [-0.1, -0.05) is 18.2 Å². The summed E-state index contributed by atoms with van der Waals surface area (Å²) >= 11 is 0. The van der Waals surface area contributed by atoms with Crippen LogP contribution in [-0.4, -0.2) is 8.42 Å². The predicted octanol–water partition coefficient (Wildman–Crippen LogP) is 3.69. The molecule has 0 atom stereocenters. The highest BCUT2D eigenvalue weighted by atomic mass is 32.2. The average Bonchev–Trinajstić information content (AvgIpc) is 2.46. The number of nitrogens with one attached hydrogen (secondary N) is 1. The Balaban J connectivity index is 2.54. The quantitative estimate of drug-likeness (QED) is 0.926. The molecule has 0 aliphatic rings. The molecule has 8 heteroatoms. The Morgan fingerprint density at radius 2 is 1.78 bits per heavy atom. The van der Waals surface area contributed by atoms with Crippen LogP contribution in [0, 0.1) is 18.3 Å². The number of alkyl halides is 3. The van der Waals surface area contributed by atoms with Crippen molar-refractivity contribution in [2.45, 2.75) is 18.0 Å². The van der Waals surface area contributed by atoms with E-state index in [-0.39, 0.29) is 11.3 Å². The Bertz CT molecular complexity index is 884. The number of hydrogen-bond acceptors (Lipinski definition) is 3. The van der Waals surface area contributed by atoms with Gasteiger partial charge in [0.1, 0.15) is 6.07 Å². The first-order valence-electron chi connectivity index (χ1n) is 6.35. The molecule has 0 aliphatic heterocycles. The molecular formula is C15H11F3N2O2S. The summed E-state index contributed by atoms with van der Waals surface area (Å²) in [6.07, 6.45) is -4.81. The molecule has 0 unspecified atom stereocenters. The minimum absolute atomic E-state index is 0.0173. The number of benzene rings is 2. The lowest BCUT2D eigenvalue weighted by molar-refractivity contribution is -0.139. The van der Waals surface area contributed by atoms with E-state index < -0.39 is 26.7 Å². The van der Waals surface area contributed by atoms with E-state index in [0.29, 0.717) is 11.6 Å². The molecule has 0 fully saturated rings. The number of aryl methyl sites for hydroxylation is 1. The van der Waals surface area contributed by atoms with Gasteiger partial charge in [0.05, 0.1) is 21.7 Å². The van der Waals surface area contributed by atoms with Gasteiger partial charge in [0.2, 0.25) is 0 Å². The number of nitrogens with zero attached hydrogens (tertiary/aromatic N) is 1. The zero-order valence-corrected chi connectivity index (χ0v) is 12.7. The second-order valence-corrected chi connectivity index (χ2v) is 6.41. The van der Waals surface area contributed by atoms with Crippen molar-refractivity contribution in [3.05, 3.63) is 59.2 Å². The van der Waals surface area contributed by atoms with Crippen molar-refractivity contribution in [2.24, 2.45) is 0 Å². The van der Waals surface area contributed by atoms with Crippen LogP contribution in [0.25, 0.3) is 0 Å². The van der Waals surface area contributed by atoms with Crippen molar-refractivity contribution in [1.82, 2.24) is 0 Å². The summed E-state index contributed by atoms with van der Waals surface area (Å²) in [5, 5.41) is 9.00. The molecule has 2 aromatic carbocycles. The molecule has 0 saturated heterocycles. The number of rotatable bonds is 3. The van der Waals surface area contributed by atoms with E-state index in [4.69, 9.17) is 5.26 Å². The first-order valence-corrected chi connectivity index (χ1v) is 7.83. The molecule has 1 N–H and O–H groups in total. The van der Waals surface area contributed by atoms with Gasteiger partial charge in [0, 0.05) is 0 Å². The van der Waals surface area contributed by atoms with Crippen molar-refractivity contribution in [3.8, 4) is 6.07 Å². The van der Waals surface area contributed by atoms with Gasteiger partial charge >= 0.3 is 6.18 Å². The molecule has 0 aliphatic carbocycles. The average molecular weight is 340 g/mol. The molecule has 0 saturated carbocycles. The van der Waals surface area contributed by atoms with Crippen LogP contribution in [0.15, 0.2) is 47.4 Å². The number of halogens is 3. The summed E-state index contributed by atoms with van der Waals surface area (Å²) in [6, 6.07) is 10.0. The van der Waals surface area contributed by atoms with Gasteiger partial charge < -0.3 is 0 Å². The van der Waals surface area contributed by atoms with Crippen LogP contribution in [0.2, 0.25) is 0 Å². The van der Waals surface area contributed by atoms with Crippen molar-refractivity contribution < 1.29 is 21.6 Å². The van der Waals surface area contributed by atoms with E-state index in [0.717, 1.165) is 12.1 Å². The highest BCUT2D eigenvalue weighted by Crippen LogP contribution is 2.34. The smallest absolute Gasteiger partial charge is 0.278 e. The molecule has 0 aromatic heterocycles. The lowest BCUT2D eigenvalue weighted by Gasteiger charge is -2.15. The normalized spacial score (nSPS) is 11.8. The fourth-order valence-electron chi connectivity index (χ4n) is 1.97. The number of nitriles is 1. The fraction of sp³-hybridized carbons (Fsp3) is 0.133. The molecule has 0 bridgehead atoms. The first kappa shape index (κ1) is 16.8. The van der Waals surface area contributed by atoms with Crippen molar-refractivity contribution in [3.63, 3.8) is 0 Å². The fourth-order valence-corrected chi connectivity index (χ4v) is 3.27. The Hall–Kier alpha value is -2.53. The summed E-state index contributed by atoms with van der Waals surface area (Å²) < 4.78 is 65.7. The van der Waals surface area contributed by atoms with Crippen molar-refractivity contribution in [2.75, 3.05) is 4.72 Å². The van der Waals surface area contributed by atoms with E-state index in [1.54, 1.807) is 19.1 Å². The topological polar surface area (TPSA) is 70.0 Å². The maximum atomic E-state index is 13.0. The Kier molecular flexibility index (Phi) is 4.34. The molecule has 120 valence electrons. The molecule has 0 heterocycles. The second-order valence-electron chi connectivity index (χ2n) is 4.76. The third kappa shape index (κ3) is 3.63. The van der Waals surface area contributed by atoms with Gasteiger partial charge in [-0.2, -0.15) is 18.4 Å². The highest BCUT2D eigenvalue weighted by molar-refractivity contribution is 7.92. The standard InChI is InChI=1S/C15H11F3N2O2S/c1-10-6-7-11(9-19)13(8-10)20-23(21,22)14-5-3-2-4-12(14)15(16,17)18/h2-8,20H,1H3. The minimum atomic E-state index is -4.81. The molecule has 0 spiro atoms. The predicted molar refractivity (Wildman–Crippen MR) is 78.1 cm³/mol. The van der Waals surface area contributed by atoms with Crippen molar-refractivity contribution in [1.29, 1.82) is 5.26 Å². The van der Waals surface area contributed by atoms with Gasteiger partial charge in [0.25, 0.3) is 10.0 Å². The number of anilines is 1. The van der Waals surface area contributed by atoms with Crippen LogP contribution in [0.4, 0.5) is 18.9 Å². The summed E-state index contributed by atoms with van der Waals surface area (Å²) in [7, 11) is -4.50. The monoisotopic (exact) mass is 340 g/mol. The van der Waals surface area contributed by atoms with E-state index in [2.05, 4.69) is 4.72 Å². The zero-order chi connectivity index (χ0) is 17.3. The summed E-state index contributed by atoms with van der Waals surface area (Å²) in [6.45, 7) is 1.67. The SMILES string of the molecule is Cc1ccc(C#N)c(NS(=O)(=O)c2ccccc2C(F)(F)F)c1. The lowest BCUT2D eigenvalue weighted by atomic mass is 10.1. The lowest BCUT2D eigenvalue weighted by Crippen LogP contribution is -2.19. The van der Waals surface area contributed by atoms with Crippen LogP contribution in [0.3, 0.4) is 0 Å². The van der Waals surface area contributed by atoms with Crippen LogP contribution in [-0.2, 0) is 16.2 Å². The van der Waals surface area contributed by atoms with Gasteiger partial charge in [-0.15, -0.1) is 0 Å². The van der Waals surface area contributed by atoms with E-state index >= 15 is 0 Å². The minimum Gasteiger partial charge on any atom is -0.278 e. The molecule has 2 rings (SSSR count). The zero-order valence-electron chi connectivity index (χ0n) is 11.8. The first-order chi connectivity index (χ1) is 10.6. The molecule has 0 amide bonds. The number of hydrogen-bond donors (Lipinski definition) is 1. The third-order valence-corrected chi connectivity index (χ3v) is 4.45. The Morgan fingerprint density at radius 3 is 2.39 bits per heavy atom. The van der Waals surface area contributed by atoms with Crippen LogP contribution >= 0.6 is 0 Å². The van der Waals surface area contributed by atoms with Gasteiger partial charge in [0.15, 0.2) is 0 Å².